The molecule has 15 heavy (non-hydrogen) atoms. The number of nitro groups is 1. The predicted molar refractivity (Wildman–Crippen MR) is 53.9 cm³/mol. The van der Waals surface area contributed by atoms with Crippen molar-refractivity contribution in [2.24, 2.45) is 0 Å². The van der Waals surface area contributed by atoms with Crippen molar-refractivity contribution in [3.63, 3.8) is 0 Å². The largest absolute Gasteiger partial charge is 0.465 e. The van der Waals surface area contributed by atoms with Crippen LogP contribution in [0.2, 0.25) is 0 Å². The Bertz CT molecular complexity index is 426. The van der Waals surface area contributed by atoms with Gasteiger partial charge in [-0.25, -0.2) is 4.79 Å². The second kappa shape index (κ2) is 4.08. The molecule has 1 rings (SSSR count). The van der Waals surface area contributed by atoms with Crippen LogP contribution in [0.1, 0.15) is 21.5 Å². The van der Waals surface area contributed by atoms with E-state index in [1.165, 1.54) is 19.2 Å². The second-order valence-electron chi connectivity index (χ2n) is 3.13. The van der Waals surface area contributed by atoms with Gasteiger partial charge in [-0.1, -0.05) is 0 Å². The van der Waals surface area contributed by atoms with Gasteiger partial charge in [-0.15, -0.1) is 0 Å². The topological polar surface area (TPSA) is 69.4 Å². The Balaban J connectivity index is 3.33. The number of ether oxygens (including phenoxy) is 1. The molecule has 0 radical (unpaired) electrons. The molecule has 0 fully saturated rings. The molecule has 5 nitrogen and oxygen atoms in total. The lowest BCUT2D eigenvalue weighted by Gasteiger charge is -2.06. The SMILES string of the molecule is COC(=O)c1ccc([N+](=O)[O-])c(C)c1C. The van der Waals surface area contributed by atoms with E-state index >= 15 is 0 Å². The zero-order chi connectivity index (χ0) is 11.6. The number of rotatable bonds is 2. The van der Waals surface area contributed by atoms with Gasteiger partial charge in [0.05, 0.1) is 17.6 Å². The third-order valence-electron chi connectivity index (χ3n) is 2.36. The first-order chi connectivity index (χ1) is 6.99. The normalized spacial score (nSPS) is 9.80. The third-order valence-corrected chi connectivity index (χ3v) is 2.36. The maximum Gasteiger partial charge on any atom is 0.338 e. The highest BCUT2D eigenvalue weighted by molar-refractivity contribution is 5.91. The molecule has 80 valence electrons. The maximum atomic E-state index is 11.3. The molecule has 0 bridgehead atoms. The minimum absolute atomic E-state index is 0.0140. The van der Waals surface area contributed by atoms with Crippen LogP contribution in [0.5, 0.6) is 0 Å². The molecule has 0 N–H and O–H groups in total. The summed E-state index contributed by atoms with van der Waals surface area (Å²) in [5.74, 6) is -0.481. The van der Waals surface area contributed by atoms with E-state index in [2.05, 4.69) is 4.74 Å². The molecular formula is C10H11NO4. The van der Waals surface area contributed by atoms with Crippen LogP contribution in [0.4, 0.5) is 5.69 Å². The molecule has 0 aliphatic rings. The molecule has 0 aliphatic heterocycles. The Morgan fingerprint density at radius 1 is 1.33 bits per heavy atom. The van der Waals surface area contributed by atoms with Gasteiger partial charge in [0, 0.05) is 11.6 Å². The highest BCUT2D eigenvalue weighted by Gasteiger charge is 2.18. The quantitative estimate of drug-likeness (QED) is 0.424. The maximum absolute atomic E-state index is 11.3. The summed E-state index contributed by atoms with van der Waals surface area (Å²) in [5, 5.41) is 10.6. The van der Waals surface area contributed by atoms with Gasteiger partial charge < -0.3 is 4.74 Å². The number of nitrogens with zero attached hydrogens (tertiary/aromatic N) is 1. The number of benzene rings is 1. The van der Waals surface area contributed by atoms with Crippen molar-refractivity contribution >= 4 is 11.7 Å². The van der Waals surface area contributed by atoms with E-state index in [4.69, 9.17) is 0 Å². The molecule has 0 aromatic heterocycles. The van der Waals surface area contributed by atoms with E-state index in [0.717, 1.165) is 0 Å². The molecular weight excluding hydrogens is 198 g/mol. The molecule has 0 amide bonds. The molecule has 1 aromatic rings. The minimum Gasteiger partial charge on any atom is -0.465 e. The number of methoxy groups -OCH3 is 1. The lowest BCUT2D eigenvalue weighted by atomic mass is 10.0. The summed E-state index contributed by atoms with van der Waals surface area (Å²) in [5.41, 5.74) is 1.44. The summed E-state index contributed by atoms with van der Waals surface area (Å²) in [6.45, 7) is 3.27. The highest BCUT2D eigenvalue weighted by Crippen LogP contribution is 2.24. The van der Waals surface area contributed by atoms with E-state index in [9.17, 15) is 14.9 Å². The number of carbonyl (C=O) groups excluding carboxylic acids is 1. The average Bonchev–Trinajstić information content (AvgIpc) is 2.20. The molecule has 0 saturated carbocycles. The van der Waals surface area contributed by atoms with Crippen LogP contribution >= 0.6 is 0 Å². The fourth-order valence-corrected chi connectivity index (χ4v) is 1.34. The Morgan fingerprint density at radius 2 is 1.93 bits per heavy atom. The Labute approximate surface area is 86.8 Å². The van der Waals surface area contributed by atoms with Gasteiger partial charge in [0.2, 0.25) is 0 Å². The summed E-state index contributed by atoms with van der Waals surface area (Å²) < 4.78 is 4.56. The molecule has 1 aromatic carbocycles. The van der Waals surface area contributed by atoms with Crippen molar-refractivity contribution in [1.29, 1.82) is 0 Å². The molecule has 5 heteroatoms. The van der Waals surface area contributed by atoms with Crippen LogP contribution in [-0.4, -0.2) is 18.0 Å². The van der Waals surface area contributed by atoms with Crippen molar-refractivity contribution < 1.29 is 14.5 Å². The third kappa shape index (κ3) is 1.96. The first-order valence-corrected chi connectivity index (χ1v) is 4.32. The van der Waals surface area contributed by atoms with E-state index in [-0.39, 0.29) is 5.69 Å². The van der Waals surface area contributed by atoms with Crippen molar-refractivity contribution in [2.45, 2.75) is 13.8 Å². The van der Waals surface area contributed by atoms with E-state index in [1.807, 2.05) is 0 Å². The molecule has 0 atom stereocenters. The van der Waals surface area contributed by atoms with Gasteiger partial charge in [0.15, 0.2) is 0 Å². The van der Waals surface area contributed by atoms with E-state index in [1.54, 1.807) is 13.8 Å². The van der Waals surface area contributed by atoms with Gasteiger partial charge in [-0.3, -0.25) is 10.1 Å². The number of nitro benzene ring substituents is 1. The Morgan fingerprint density at radius 3 is 2.40 bits per heavy atom. The van der Waals surface area contributed by atoms with Gasteiger partial charge in [-0.05, 0) is 25.5 Å². The summed E-state index contributed by atoms with van der Waals surface area (Å²) in [4.78, 5) is 21.4. The number of hydrogen-bond donors (Lipinski definition) is 0. The second-order valence-corrected chi connectivity index (χ2v) is 3.13. The number of esters is 1. The summed E-state index contributed by atoms with van der Waals surface area (Å²) in [6.07, 6.45) is 0. The smallest absolute Gasteiger partial charge is 0.338 e. The first-order valence-electron chi connectivity index (χ1n) is 4.32. The van der Waals surface area contributed by atoms with Crippen molar-refractivity contribution in [3.05, 3.63) is 38.9 Å². The minimum atomic E-state index is -0.481. The lowest BCUT2D eigenvalue weighted by molar-refractivity contribution is -0.385. The Kier molecular flexibility index (Phi) is 3.04. The standard InChI is InChI=1S/C10H11NO4/c1-6-7(2)9(11(13)14)5-4-8(6)10(12)15-3/h4-5H,1-3H3. The van der Waals surface area contributed by atoms with Crippen LogP contribution in [0.3, 0.4) is 0 Å². The number of hydrogen-bond acceptors (Lipinski definition) is 4. The molecule has 0 heterocycles. The molecule has 0 aliphatic carbocycles. The number of carbonyl (C=O) groups is 1. The van der Waals surface area contributed by atoms with Gasteiger partial charge in [0.1, 0.15) is 0 Å². The van der Waals surface area contributed by atoms with Crippen LogP contribution in [-0.2, 0) is 4.74 Å². The summed E-state index contributed by atoms with van der Waals surface area (Å²) >= 11 is 0. The zero-order valence-corrected chi connectivity index (χ0v) is 8.73. The molecule has 0 unspecified atom stereocenters. The zero-order valence-electron chi connectivity index (χ0n) is 8.73. The molecule has 0 spiro atoms. The van der Waals surface area contributed by atoms with Gasteiger partial charge in [-0.2, -0.15) is 0 Å². The van der Waals surface area contributed by atoms with Crippen LogP contribution in [0.25, 0.3) is 0 Å². The molecule has 0 saturated heterocycles. The monoisotopic (exact) mass is 209 g/mol. The van der Waals surface area contributed by atoms with Gasteiger partial charge in [0.25, 0.3) is 5.69 Å². The Hall–Kier alpha value is -1.91. The summed E-state index contributed by atoms with van der Waals surface area (Å²) in [6, 6.07) is 2.72. The van der Waals surface area contributed by atoms with Gasteiger partial charge >= 0.3 is 5.97 Å². The van der Waals surface area contributed by atoms with Crippen molar-refractivity contribution in [3.8, 4) is 0 Å². The van der Waals surface area contributed by atoms with Crippen LogP contribution in [0.15, 0.2) is 12.1 Å². The van der Waals surface area contributed by atoms with Crippen molar-refractivity contribution in [2.75, 3.05) is 7.11 Å². The average molecular weight is 209 g/mol. The lowest BCUT2D eigenvalue weighted by Crippen LogP contribution is -2.06. The van der Waals surface area contributed by atoms with Crippen LogP contribution in [0, 0.1) is 24.0 Å². The first kappa shape index (κ1) is 11.2. The van der Waals surface area contributed by atoms with Crippen molar-refractivity contribution in [1.82, 2.24) is 0 Å². The fourth-order valence-electron chi connectivity index (χ4n) is 1.34. The van der Waals surface area contributed by atoms with E-state index < -0.39 is 10.9 Å². The van der Waals surface area contributed by atoms with E-state index in [0.29, 0.717) is 16.7 Å². The summed E-state index contributed by atoms with van der Waals surface area (Å²) in [7, 11) is 1.28. The fraction of sp³-hybridized carbons (Fsp3) is 0.300. The van der Waals surface area contributed by atoms with Crippen LogP contribution < -0.4 is 0 Å². The highest BCUT2D eigenvalue weighted by atomic mass is 16.6. The predicted octanol–water partition coefficient (Wildman–Crippen LogP) is 2.00.